The van der Waals surface area contributed by atoms with Gasteiger partial charge in [-0.2, -0.15) is 0 Å². The van der Waals surface area contributed by atoms with Gasteiger partial charge < -0.3 is 5.11 Å². The largest absolute Gasteiger partial charge is 0.477 e. The van der Waals surface area contributed by atoms with Crippen molar-refractivity contribution >= 4 is 17.3 Å². The van der Waals surface area contributed by atoms with Crippen molar-refractivity contribution in [2.75, 3.05) is 0 Å². The van der Waals surface area contributed by atoms with Gasteiger partial charge in [-0.15, -0.1) is 11.3 Å². The summed E-state index contributed by atoms with van der Waals surface area (Å²) in [5.41, 5.74) is 2.95. The summed E-state index contributed by atoms with van der Waals surface area (Å²) in [5, 5.41) is 9.89. The normalized spacial score (nSPS) is 9.68. The number of hydrogen-bond donors (Lipinski definition) is 1. The van der Waals surface area contributed by atoms with Crippen LogP contribution in [0.2, 0.25) is 0 Å². The van der Waals surface area contributed by atoms with Crippen LogP contribution < -0.4 is 0 Å². The van der Waals surface area contributed by atoms with Crippen LogP contribution in [-0.4, -0.2) is 16.1 Å². The van der Waals surface area contributed by atoms with Crippen LogP contribution in [0.4, 0.5) is 0 Å². The number of hydrogen-bond acceptors (Lipinski definition) is 3. The molecule has 1 N–H and O–H groups in total. The predicted octanol–water partition coefficient (Wildman–Crippen LogP) is 4.08. The van der Waals surface area contributed by atoms with Crippen molar-refractivity contribution in [2.24, 2.45) is 0 Å². The lowest BCUT2D eigenvalue weighted by Gasteiger charge is -2.03. The topological polar surface area (TPSA) is 50.2 Å². The number of benzene rings is 1. The number of aryl methyl sites for hydroxylation is 2. The molecule has 0 unspecified atom stereocenters. The van der Waals surface area contributed by atoms with Crippen LogP contribution in [0.5, 0.6) is 0 Å². The summed E-state index contributed by atoms with van der Waals surface area (Å²) in [4.78, 5) is 15.7. The van der Waals surface area contributed by atoms with Crippen molar-refractivity contribution in [3.05, 3.63) is 51.0 Å². The van der Waals surface area contributed by atoms with E-state index in [1.807, 2.05) is 52.0 Å². The number of carbonyl (C=O) groups is 1. The molecule has 0 radical (unpaired) electrons. The molecule has 0 amide bonds. The minimum Gasteiger partial charge on any atom is -0.477 e. The van der Waals surface area contributed by atoms with Crippen molar-refractivity contribution in [3.63, 3.8) is 0 Å². The first-order valence-corrected chi connectivity index (χ1v) is 7.13. The molecule has 0 aliphatic rings. The van der Waals surface area contributed by atoms with Crippen molar-refractivity contribution in [1.29, 1.82) is 0 Å². The SMILES string of the molecule is CC.Cc1nc(Cc2ccccc2C)c(C(=O)O)s1. The molecular weight excluding hydrogens is 258 g/mol. The molecule has 0 saturated heterocycles. The number of rotatable bonds is 3. The number of nitrogens with zero attached hydrogens (tertiary/aromatic N) is 1. The summed E-state index contributed by atoms with van der Waals surface area (Å²) in [6.07, 6.45) is 0.582. The summed E-state index contributed by atoms with van der Waals surface area (Å²) >= 11 is 1.24. The van der Waals surface area contributed by atoms with Crippen molar-refractivity contribution in [2.45, 2.75) is 34.1 Å². The first kappa shape index (κ1) is 15.4. The van der Waals surface area contributed by atoms with Gasteiger partial charge in [0.2, 0.25) is 0 Å². The highest BCUT2D eigenvalue weighted by Gasteiger charge is 2.16. The van der Waals surface area contributed by atoms with E-state index in [1.54, 1.807) is 0 Å². The Hall–Kier alpha value is -1.68. The molecule has 3 nitrogen and oxygen atoms in total. The maximum Gasteiger partial charge on any atom is 0.347 e. The molecule has 102 valence electrons. The zero-order valence-electron chi connectivity index (χ0n) is 11.7. The molecule has 1 heterocycles. The second-order valence-corrected chi connectivity index (χ2v) is 5.12. The van der Waals surface area contributed by atoms with Gasteiger partial charge in [0.25, 0.3) is 0 Å². The molecule has 0 bridgehead atoms. The quantitative estimate of drug-likeness (QED) is 0.919. The van der Waals surface area contributed by atoms with Crippen LogP contribution in [0, 0.1) is 13.8 Å². The van der Waals surface area contributed by atoms with E-state index < -0.39 is 5.97 Å². The summed E-state index contributed by atoms with van der Waals surface area (Å²) in [7, 11) is 0. The number of carboxylic acids is 1. The summed E-state index contributed by atoms with van der Waals surface area (Å²) < 4.78 is 0. The van der Waals surface area contributed by atoms with Gasteiger partial charge in [-0.1, -0.05) is 38.1 Å². The van der Waals surface area contributed by atoms with Crippen LogP contribution in [0.1, 0.15) is 45.3 Å². The van der Waals surface area contributed by atoms with Gasteiger partial charge in [0.05, 0.1) is 10.7 Å². The molecule has 0 aliphatic carbocycles. The molecule has 19 heavy (non-hydrogen) atoms. The van der Waals surface area contributed by atoms with Crippen molar-refractivity contribution < 1.29 is 9.90 Å². The lowest BCUT2D eigenvalue weighted by Crippen LogP contribution is -2.00. The Morgan fingerprint density at radius 3 is 2.47 bits per heavy atom. The molecular formula is C15H19NO2S. The Morgan fingerprint density at radius 2 is 1.89 bits per heavy atom. The monoisotopic (exact) mass is 277 g/mol. The van der Waals surface area contributed by atoms with Gasteiger partial charge in [0.15, 0.2) is 0 Å². The zero-order valence-corrected chi connectivity index (χ0v) is 12.5. The molecule has 4 heteroatoms. The molecule has 2 rings (SSSR count). The molecule has 0 aliphatic heterocycles. The Kier molecular flexibility index (Phi) is 5.70. The van der Waals surface area contributed by atoms with E-state index in [0.29, 0.717) is 17.0 Å². The predicted molar refractivity (Wildman–Crippen MR) is 79.1 cm³/mol. The van der Waals surface area contributed by atoms with E-state index in [0.717, 1.165) is 16.1 Å². The molecule has 1 aromatic heterocycles. The first-order chi connectivity index (χ1) is 9.08. The lowest BCUT2D eigenvalue weighted by molar-refractivity contribution is 0.0701. The average Bonchev–Trinajstić information content (AvgIpc) is 2.76. The highest BCUT2D eigenvalue weighted by Crippen LogP contribution is 2.22. The van der Waals surface area contributed by atoms with E-state index in [1.165, 1.54) is 11.3 Å². The number of carboxylic acid groups (broad SMARTS) is 1. The van der Waals surface area contributed by atoms with E-state index in [9.17, 15) is 4.79 Å². The number of aromatic nitrogens is 1. The maximum atomic E-state index is 11.1. The average molecular weight is 277 g/mol. The van der Waals surface area contributed by atoms with Crippen molar-refractivity contribution in [3.8, 4) is 0 Å². The maximum absolute atomic E-state index is 11.1. The van der Waals surface area contributed by atoms with Gasteiger partial charge >= 0.3 is 5.97 Å². The fourth-order valence-electron chi connectivity index (χ4n) is 1.75. The summed E-state index contributed by atoms with van der Waals surface area (Å²) in [6.45, 7) is 7.85. The zero-order chi connectivity index (χ0) is 14.4. The standard InChI is InChI=1S/C13H13NO2S.C2H6/c1-8-5-3-4-6-10(8)7-11-12(13(15)16)17-9(2)14-11;1-2/h3-6H,7H2,1-2H3,(H,15,16);1-2H3. The summed E-state index contributed by atoms with van der Waals surface area (Å²) in [6, 6.07) is 7.97. The Balaban J connectivity index is 0.000000861. The fraction of sp³-hybridized carbons (Fsp3) is 0.333. The Labute approximate surface area is 117 Å². The first-order valence-electron chi connectivity index (χ1n) is 6.32. The van der Waals surface area contributed by atoms with Crippen molar-refractivity contribution in [1.82, 2.24) is 4.98 Å². The third-order valence-corrected chi connectivity index (χ3v) is 3.62. The second kappa shape index (κ2) is 7.04. The summed E-state index contributed by atoms with van der Waals surface area (Å²) in [5.74, 6) is -0.890. The van der Waals surface area contributed by atoms with Gasteiger partial charge in [0, 0.05) is 6.42 Å². The molecule has 0 atom stereocenters. The van der Waals surface area contributed by atoms with E-state index >= 15 is 0 Å². The Bertz CT molecular complexity index is 561. The molecule has 0 saturated carbocycles. The number of thiazole rings is 1. The van der Waals surface area contributed by atoms with E-state index in [4.69, 9.17) is 5.11 Å². The van der Waals surface area contributed by atoms with E-state index in [2.05, 4.69) is 4.98 Å². The second-order valence-electron chi connectivity index (χ2n) is 3.92. The third-order valence-electron chi connectivity index (χ3n) is 2.62. The molecule has 2 aromatic rings. The number of aromatic carboxylic acids is 1. The minimum absolute atomic E-state index is 0.353. The van der Waals surface area contributed by atoms with Crippen LogP contribution in [0.15, 0.2) is 24.3 Å². The van der Waals surface area contributed by atoms with Crippen LogP contribution in [0.25, 0.3) is 0 Å². The smallest absolute Gasteiger partial charge is 0.347 e. The molecule has 0 spiro atoms. The van der Waals surface area contributed by atoms with Crippen LogP contribution >= 0.6 is 11.3 Å². The van der Waals surface area contributed by atoms with Gasteiger partial charge in [-0.3, -0.25) is 0 Å². The highest BCUT2D eigenvalue weighted by atomic mass is 32.1. The van der Waals surface area contributed by atoms with Crippen LogP contribution in [0.3, 0.4) is 0 Å². The van der Waals surface area contributed by atoms with E-state index in [-0.39, 0.29) is 0 Å². The van der Waals surface area contributed by atoms with Gasteiger partial charge in [0.1, 0.15) is 4.88 Å². The Morgan fingerprint density at radius 1 is 1.26 bits per heavy atom. The van der Waals surface area contributed by atoms with Gasteiger partial charge in [-0.05, 0) is 25.0 Å². The van der Waals surface area contributed by atoms with Crippen LogP contribution in [-0.2, 0) is 6.42 Å². The molecule has 1 aromatic carbocycles. The van der Waals surface area contributed by atoms with Gasteiger partial charge in [-0.25, -0.2) is 9.78 Å². The lowest BCUT2D eigenvalue weighted by atomic mass is 10.0. The molecule has 0 fully saturated rings. The third kappa shape index (κ3) is 3.89. The minimum atomic E-state index is -0.890. The fourth-order valence-corrected chi connectivity index (χ4v) is 2.52. The highest BCUT2D eigenvalue weighted by molar-refractivity contribution is 7.13.